The Morgan fingerprint density at radius 2 is 1.97 bits per heavy atom. The van der Waals surface area contributed by atoms with Crippen LogP contribution >= 0.6 is 11.8 Å². The number of hydrogen-bond donors (Lipinski definition) is 2. The van der Waals surface area contributed by atoms with E-state index in [1.54, 1.807) is 18.9 Å². The van der Waals surface area contributed by atoms with Crippen LogP contribution in [-0.4, -0.2) is 59.9 Å². The monoisotopic (exact) mass is 417 g/mol. The molecule has 0 aliphatic carbocycles. The van der Waals surface area contributed by atoms with Crippen LogP contribution in [0.1, 0.15) is 24.3 Å². The summed E-state index contributed by atoms with van der Waals surface area (Å²) in [5.41, 5.74) is 1.02. The van der Waals surface area contributed by atoms with Crippen molar-refractivity contribution in [3.63, 3.8) is 0 Å². The fraction of sp³-hybridized carbons (Fsp3) is 0.409. The average molecular weight is 418 g/mol. The first-order chi connectivity index (χ1) is 14.1. The number of likely N-dealkylation sites (tertiary alicyclic amines) is 1. The van der Waals surface area contributed by atoms with Crippen LogP contribution in [0.5, 0.6) is 11.5 Å². The third-order valence-electron chi connectivity index (χ3n) is 5.04. The number of nitrogens with zero attached hydrogens (tertiary/aromatic N) is 1. The molecule has 156 valence electrons. The van der Waals surface area contributed by atoms with Crippen LogP contribution in [0, 0.1) is 0 Å². The summed E-state index contributed by atoms with van der Waals surface area (Å²) in [6, 6.07) is 15.7. The summed E-state index contributed by atoms with van der Waals surface area (Å²) in [7, 11) is 1.68. The molecule has 2 atom stereocenters. The Bertz CT molecular complexity index is 798. The van der Waals surface area contributed by atoms with E-state index in [-0.39, 0.29) is 12.5 Å². The molecule has 1 fully saturated rings. The van der Waals surface area contributed by atoms with Crippen molar-refractivity contribution in [2.24, 2.45) is 0 Å². The van der Waals surface area contributed by atoms with E-state index in [1.165, 1.54) is 4.90 Å². The molecular formula is C22H27NO5S. The number of aliphatic hydroxyl groups is 1. The smallest absolute Gasteiger partial charge is 0.407 e. The Balaban J connectivity index is 1.42. The van der Waals surface area contributed by atoms with E-state index in [9.17, 15) is 9.90 Å². The third kappa shape index (κ3) is 5.81. The molecule has 1 aliphatic heterocycles. The molecule has 1 heterocycles. The van der Waals surface area contributed by atoms with Crippen molar-refractivity contribution >= 4 is 17.9 Å². The zero-order chi connectivity index (χ0) is 20.6. The zero-order valence-electron chi connectivity index (χ0n) is 16.5. The summed E-state index contributed by atoms with van der Waals surface area (Å²) >= 11 is 1.75. The van der Waals surface area contributed by atoms with Gasteiger partial charge in [-0.1, -0.05) is 24.3 Å². The highest BCUT2D eigenvalue weighted by Gasteiger charge is 2.30. The van der Waals surface area contributed by atoms with Crippen LogP contribution in [-0.2, 0) is 0 Å². The minimum atomic E-state index is -0.977. The van der Waals surface area contributed by atoms with Crippen molar-refractivity contribution in [2.45, 2.75) is 29.8 Å². The van der Waals surface area contributed by atoms with E-state index in [0.29, 0.717) is 19.6 Å². The van der Waals surface area contributed by atoms with E-state index in [2.05, 4.69) is 6.07 Å². The van der Waals surface area contributed by atoms with Gasteiger partial charge in [0.25, 0.3) is 0 Å². The number of amides is 1. The molecule has 0 bridgehead atoms. The Morgan fingerprint density at radius 1 is 1.21 bits per heavy atom. The highest BCUT2D eigenvalue weighted by Crippen LogP contribution is 2.30. The molecule has 0 spiro atoms. The summed E-state index contributed by atoms with van der Waals surface area (Å²) in [4.78, 5) is 13.4. The van der Waals surface area contributed by atoms with Crippen LogP contribution < -0.4 is 9.47 Å². The van der Waals surface area contributed by atoms with Gasteiger partial charge in [0.1, 0.15) is 11.5 Å². The zero-order valence-corrected chi connectivity index (χ0v) is 17.3. The van der Waals surface area contributed by atoms with Gasteiger partial charge in [0, 0.05) is 23.1 Å². The molecule has 7 heteroatoms. The molecule has 1 aliphatic rings. The number of thioether (sulfide) groups is 1. The first kappa shape index (κ1) is 21.3. The molecule has 2 N–H and O–H groups in total. The third-order valence-corrected chi connectivity index (χ3v) is 6.19. The molecule has 3 rings (SSSR count). The molecule has 2 aromatic rings. The van der Waals surface area contributed by atoms with E-state index < -0.39 is 12.2 Å². The van der Waals surface area contributed by atoms with Crippen molar-refractivity contribution in [1.82, 2.24) is 4.90 Å². The highest BCUT2D eigenvalue weighted by atomic mass is 32.2. The van der Waals surface area contributed by atoms with Gasteiger partial charge < -0.3 is 24.6 Å². The summed E-state index contributed by atoms with van der Waals surface area (Å²) in [5, 5.41) is 19.3. The number of methoxy groups -OCH3 is 1. The summed E-state index contributed by atoms with van der Waals surface area (Å²) in [6.07, 6.45) is -0.126. The topological polar surface area (TPSA) is 79.2 Å². The SMILES string of the molecule is COc1ccccc1SCCCOc1ccc(C2CCN(C(=O)O)CC2O)cc1. The number of carboxylic acid groups (broad SMARTS) is 1. The molecule has 0 aromatic heterocycles. The van der Waals surface area contributed by atoms with E-state index in [0.717, 1.165) is 34.1 Å². The number of benzene rings is 2. The van der Waals surface area contributed by atoms with Gasteiger partial charge in [-0.05, 0) is 42.7 Å². The molecular weight excluding hydrogens is 390 g/mol. The van der Waals surface area contributed by atoms with Crippen molar-refractivity contribution in [1.29, 1.82) is 0 Å². The van der Waals surface area contributed by atoms with Gasteiger partial charge in [-0.2, -0.15) is 0 Å². The van der Waals surface area contributed by atoms with Gasteiger partial charge in [0.05, 0.1) is 26.4 Å². The second kappa shape index (κ2) is 10.4. The predicted molar refractivity (Wildman–Crippen MR) is 113 cm³/mol. The highest BCUT2D eigenvalue weighted by molar-refractivity contribution is 7.99. The molecule has 6 nitrogen and oxygen atoms in total. The summed E-state index contributed by atoms with van der Waals surface area (Å²) in [5.74, 6) is 2.59. The minimum Gasteiger partial charge on any atom is -0.496 e. The second-order valence-corrected chi connectivity index (χ2v) is 8.10. The predicted octanol–water partition coefficient (Wildman–Crippen LogP) is 4.08. The maximum absolute atomic E-state index is 11.0. The summed E-state index contributed by atoms with van der Waals surface area (Å²) in [6.45, 7) is 1.22. The summed E-state index contributed by atoms with van der Waals surface area (Å²) < 4.78 is 11.2. The normalized spacial score (nSPS) is 19.0. The lowest BCUT2D eigenvalue weighted by Gasteiger charge is -2.34. The quantitative estimate of drug-likeness (QED) is 0.498. The lowest BCUT2D eigenvalue weighted by molar-refractivity contribution is 0.0504. The molecule has 1 saturated heterocycles. The number of piperidine rings is 1. The Kier molecular flexibility index (Phi) is 7.66. The van der Waals surface area contributed by atoms with Crippen LogP contribution in [0.2, 0.25) is 0 Å². The van der Waals surface area contributed by atoms with E-state index in [4.69, 9.17) is 14.6 Å². The van der Waals surface area contributed by atoms with Crippen LogP contribution in [0.25, 0.3) is 0 Å². The van der Waals surface area contributed by atoms with Crippen LogP contribution in [0.15, 0.2) is 53.4 Å². The number of para-hydroxylation sites is 1. The molecule has 1 amide bonds. The fourth-order valence-electron chi connectivity index (χ4n) is 3.47. The average Bonchev–Trinajstić information content (AvgIpc) is 2.74. The van der Waals surface area contributed by atoms with E-state index >= 15 is 0 Å². The molecule has 2 aromatic carbocycles. The molecule has 2 unspecified atom stereocenters. The molecule has 29 heavy (non-hydrogen) atoms. The van der Waals surface area contributed by atoms with Crippen molar-refractivity contribution in [2.75, 3.05) is 32.6 Å². The van der Waals surface area contributed by atoms with Crippen LogP contribution in [0.4, 0.5) is 4.79 Å². The second-order valence-electron chi connectivity index (χ2n) is 6.96. The number of carbonyl (C=O) groups is 1. The number of rotatable bonds is 8. The Morgan fingerprint density at radius 3 is 2.66 bits per heavy atom. The van der Waals surface area contributed by atoms with Gasteiger partial charge in [-0.25, -0.2) is 4.79 Å². The number of β-amino-alcohol motifs (C(OH)–C–C–N with tert-alkyl or cyclic N) is 1. The molecule has 0 radical (unpaired) electrons. The lowest BCUT2D eigenvalue weighted by Crippen LogP contribution is -2.45. The number of hydrogen-bond acceptors (Lipinski definition) is 5. The minimum absolute atomic E-state index is 0.0445. The lowest BCUT2D eigenvalue weighted by atomic mass is 9.87. The van der Waals surface area contributed by atoms with Crippen molar-refractivity contribution in [3.8, 4) is 11.5 Å². The first-order valence-electron chi connectivity index (χ1n) is 9.73. The van der Waals surface area contributed by atoms with Gasteiger partial charge in [-0.3, -0.25) is 0 Å². The largest absolute Gasteiger partial charge is 0.496 e. The van der Waals surface area contributed by atoms with Gasteiger partial charge in [0.2, 0.25) is 0 Å². The maximum atomic E-state index is 11.0. The standard InChI is InChI=1S/C22H27NO5S/c1-27-20-5-2-3-6-21(20)29-14-4-13-28-17-9-7-16(8-10-17)18-11-12-23(22(25)26)15-19(18)24/h2-3,5-10,18-19,24H,4,11-15H2,1H3,(H,25,26). The number of aliphatic hydroxyl groups excluding tert-OH is 1. The van der Waals surface area contributed by atoms with Gasteiger partial charge in [-0.15, -0.1) is 11.8 Å². The Labute approximate surface area is 175 Å². The van der Waals surface area contributed by atoms with Gasteiger partial charge in [0.15, 0.2) is 0 Å². The van der Waals surface area contributed by atoms with Crippen molar-refractivity contribution < 1.29 is 24.5 Å². The van der Waals surface area contributed by atoms with Crippen molar-refractivity contribution in [3.05, 3.63) is 54.1 Å². The van der Waals surface area contributed by atoms with Crippen LogP contribution in [0.3, 0.4) is 0 Å². The maximum Gasteiger partial charge on any atom is 0.407 e. The fourth-order valence-corrected chi connectivity index (χ4v) is 4.43. The molecule has 0 saturated carbocycles. The number of ether oxygens (including phenoxy) is 2. The Hall–Kier alpha value is -2.38. The first-order valence-corrected chi connectivity index (χ1v) is 10.7. The van der Waals surface area contributed by atoms with Gasteiger partial charge >= 0.3 is 6.09 Å². The van der Waals surface area contributed by atoms with E-state index in [1.807, 2.05) is 42.5 Å².